The van der Waals surface area contributed by atoms with Gasteiger partial charge < -0.3 is 5.32 Å². The quantitative estimate of drug-likeness (QED) is 0.473. The van der Waals surface area contributed by atoms with Gasteiger partial charge in [0.15, 0.2) is 11.6 Å². The highest BCUT2D eigenvalue weighted by Gasteiger charge is 2.22. The Morgan fingerprint density at radius 2 is 1.68 bits per heavy atom. The summed E-state index contributed by atoms with van der Waals surface area (Å²) in [5, 5.41) is 2.42. The molecule has 2 aromatic carbocycles. The normalized spacial score (nSPS) is 11.6. The third-order valence-electron chi connectivity index (χ3n) is 4.35. The van der Waals surface area contributed by atoms with Crippen LogP contribution in [0.1, 0.15) is 5.69 Å². The van der Waals surface area contributed by atoms with E-state index in [1.165, 1.54) is 30.5 Å². The van der Waals surface area contributed by atoms with Crippen LogP contribution in [0.2, 0.25) is 0 Å². The Labute approximate surface area is 194 Å². The van der Waals surface area contributed by atoms with Gasteiger partial charge in [0.2, 0.25) is 21.9 Å². The van der Waals surface area contributed by atoms with Crippen LogP contribution in [-0.2, 0) is 24.8 Å². The van der Waals surface area contributed by atoms with Crippen molar-refractivity contribution in [3.63, 3.8) is 0 Å². The first kappa shape index (κ1) is 25.0. The van der Waals surface area contributed by atoms with Gasteiger partial charge in [-0.15, -0.1) is 0 Å². The highest BCUT2D eigenvalue weighted by Crippen LogP contribution is 2.21. The average Bonchev–Trinajstić information content (AvgIpc) is 2.73. The van der Waals surface area contributed by atoms with Crippen molar-refractivity contribution in [1.29, 1.82) is 0 Å². The van der Waals surface area contributed by atoms with E-state index in [4.69, 9.17) is 0 Å². The lowest BCUT2D eigenvalue weighted by molar-refractivity contribution is -0.114. The maximum Gasteiger partial charge on any atom is 0.264 e. The fraction of sp³-hybridized carbons (Fsp3) is 0.150. The summed E-state index contributed by atoms with van der Waals surface area (Å²) >= 11 is 0. The molecule has 0 radical (unpaired) electrons. The molecule has 0 fully saturated rings. The lowest BCUT2D eigenvalue weighted by Gasteiger charge is -2.22. The highest BCUT2D eigenvalue weighted by molar-refractivity contribution is 7.92. The van der Waals surface area contributed by atoms with Crippen molar-refractivity contribution < 1.29 is 30.4 Å². The van der Waals surface area contributed by atoms with Gasteiger partial charge in [-0.25, -0.2) is 40.3 Å². The van der Waals surface area contributed by atoms with E-state index < -0.39 is 44.1 Å². The molecular formula is C20H19F2N5O5S2. The molecule has 0 bridgehead atoms. The maximum atomic E-state index is 13.5. The highest BCUT2D eigenvalue weighted by atomic mass is 32.2. The van der Waals surface area contributed by atoms with Crippen molar-refractivity contribution in [2.75, 3.05) is 27.1 Å². The summed E-state index contributed by atoms with van der Waals surface area (Å²) in [4.78, 5) is 20.1. The summed E-state index contributed by atoms with van der Waals surface area (Å²) in [5.74, 6) is -3.33. The Morgan fingerprint density at radius 1 is 1.00 bits per heavy atom. The summed E-state index contributed by atoms with van der Waals surface area (Å²) in [6.07, 6.45) is 2.21. The molecule has 0 aliphatic rings. The summed E-state index contributed by atoms with van der Waals surface area (Å²) < 4.78 is 78.8. The molecule has 0 aliphatic heterocycles. The van der Waals surface area contributed by atoms with E-state index in [1.54, 1.807) is 13.0 Å². The van der Waals surface area contributed by atoms with E-state index in [0.29, 0.717) is 16.1 Å². The van der Waals surface area contributed by atoms with Gasteiger partial charge in [0.25, 0.3) is 10.0 Å². The summed E-state index contributed by atoms with van der Waals surface area (Å²) in [6.45, 7) is 0.949. The predicted molar refractivity (Wildman–Crippen MR) is 121 cm³/mol. The number of amides is 1. The van der Waals surface area contributed by atoms with Crippen LogP contribution >= 0.6 is 0 Å². The third kappa shape index (κ3) is 6.23. The van der Waals surface area contributed by atoms with Crippen molar-refractivity contribution in [3.8, 4) is 0 Å². The molecule has 1 aromatic heterocycles. The Balaban J connectivity index is 1.72. The number of anilines is 3. The molecule has 0 atom stereocenters. The first-order valence-corrected chi connectivity index (χ1v) is 12.8. The molecule has 3 aromatic rings. The van der Waals surface area contributed by atoms with Crippen LogP contribution in [0.4, 0.5) is 26.1 Å². The zero-order valence-corrected chi connectivity index (χ0v) is 19.5. The molecule has 180 valence electrons. The fourth-order valence-corrected chi connectivity index (χ4v) is 4.56. The third-order valence-corrected chi connectivity index (χ3v) is 6.83. The molecule has 34 heavy (non-hydrogen) atoms. The number of rotatable bonds is 8. The van der Waals surface area contributed by atoms with E-state index in [2.05, 4.69) is 20.0 Å². The SMILES string of the molecule is Cc1ccnc(NS(=O)(=O)c2ccc(NC(=O)CN(c3ccc(F)c(F)c3)S(C)(=O)=O)cc2)n1. The standard InChI is InChI=1S/C20H19F2N5O5S2/c1-13-9-10-23-20(24-13)26-34(31,32)16-6-3-14(4-7-16)25-19(28)12-27(33(2,29)30)15-5-8-17(21)18(22)11-15/h3-11H,12H2,1-2H3,(H,25,28)(H,23,24,26). The van der Waals surface area contributed by atoms with Crippen LogP contribution in [0.5, 0.6) is 0 Å². The molecule has 14 heteroatoms. The minimum Gasteiger partial charge on any atom is -0.325 e. The smallest absolute Gasteiger partial charge is 0.264 e. The van der Waals surface area contributed by atoms with Gasteiger partial charge >= 0.3 is 0 Å². The number of nitrogens with one attached hydrogen (secondary N) is 2. The van der Waals surface area contributed by atoms with Gasteiger partial charge in [-0.2, -0.15) is 0 Å². The van der Waals surface area contributed by atoms with Crippen molar-refractivity contribution in [2.24, 2.45) is 0 Å². The number of sulfonamides is 2. The van der Waals surface area contributed by atoms with Crippen LogP contribution < -0.4 is 14.3 Å². The number of halogens is 2. The molecule has 0 aliphatic carbocycles. The molecule has 1 amide bonds. The average molecular weight is 512 g/mol. The van der Waals surface area contributed by atoms with Crippen molar-refractivity contribution in [2.45, 2.75) is 11.8 Å². The molecule has 0 saturated heterocycles. The monoisotopic (exact) mass is 511 g/mol. The van der Waals surface area contributed by atoms with Crippen LogP contribution in [-0.4, -0.2) is 45.5 Å². The van der Waals surface area contributed by atoms with Gasteiger partial charge in [-0.3, -0.25) is 9.10 Å². The number of aromatic nitrogens is 2. The zero-order chi connectivity index (χ0) is 25.1. The largest absolute Gasteiger partial charge is 0.325 e. The molecule has 0 unspecified atom stereocenters. The molecule has 0 spiro atoms. The summed E-state index contributed by atoms with van der Waals surface area (Å²) in [6, 6.07) is 9.07. The summed E-state index contributed by atoms with van der Waals surface area (Å²) in [7, 11) is -8.01. The fourth-order valence-electron chi connectivity index (χ4n) is 2.77. The number of carbonyl (C=O) groups is 1. The van der Waals surface area contributed by atoms with Crippen LogP contribution in [0, 0.1) is 18.6 Å². The molecule has 3 rings (SSSR count). The van der Waals surface area contributed by atoms with Crippen molar-refractivity contribution in [3.05, 3.63) is 72.1 Å². The number of aryl methyl sites for hydroxylation is 1. The molecule has 10 nitrogen and oxygen atoms in total. The topological polar surface area (TPSA) is 138 Å². The number of hydrogen-bond donors (Lipinski definition) is 2. The van der Waals surface area contributed by atoms with Gasteiger partial charge in [0, 0.05) is 23.6 Å². The lowest BCUT2D eigenvalue weighted by Crippen LogP contribution is -2.37. The number of hydrogen-bond acceptors (Lipinski definition) is 7. The van der Waals surface area contributed by atoms with E-state index in [0.717, 1.165) is 18.4 Å². The van der Waals surface area contributed by atoms with E-state index >= 15 is 0 Å². The van der Waals surface area contributed by atoms with Crippen LogP contribution in [0.15, 0.2) is 59.6 Å². The number of nitrogens with zero attached hydrogens (tertiary/aromatic N) is 3. The van der Waals surface area contributed by atoms with Crippen molar-refractivity contribution in [1.82, 2.24) is 9.97 Å². The minimum atomic E-state index is -4.01. The molecule has 0 saturated carbocycles. The van der Waals surface area contributed by atoms with Crippen LogP contribution in [0.25, 0.3) is 0 Å². The zero-order valence-electron chi connectivity index (χ0n) is 17.9. The first-order valence-electron chi connectivity index (χ1n) is 9.50. The van der Waals surface area contributed by atoms with Gasteiger partial charge in [-0.1, -0.05) is 0 Å². The van der Waals surface area contributed by atoms with Gasteiger partial charge in [-0.05, 0) is 49.4 Å². The Morgan fingerprint density at radius 3 is 2.26 bits per heavy atom. The molecular weight excluding hydrogens is 492 g/mol. The van der Waals surface area contributed by atoms with Crippen molar-refractivity contribution >= 4 is 43.3 Å². The Hall–Kier alpha value is -3.65. The Kier molecular flexibility index (Phi) is 7.12. The van der Waals surface area contributed by atoms with Crippen LogP contribution in [0.3, 0.4) is 0 Å². The molecule has 1 heterocycles. The van der Waals surface area contributed by atoms with E-state index in [9.17, 15) is 30.4 Å². The number of carbonyl (C=O) groups excluding carboxylic acids is 1. The minimum absolute atomic E-state index is 0.101. The lowest BCUT2D eigenvalue weighted by atomic mass is 10.3. The second kappa shape index (κ2) is 9.69. The second-order valence-electron chi connectivity index (χ2n) is 7.07. The van der Waals surface area contributed by atoms with Gasteiger partial charge in [0.1, 0.15) is 6.54 Å². The molecule has 2 N–H and O–H groups in total. The number of benzene rings is 2. The summed E-state index contributed by atoms with van der Waals surface area (Å²) in [5.41, 5.74) is 0.509. The second-order valence-corrected chi connectivity index (χ2v) is 10.7. The van der Waals surface area contributed by atoms with E-state index in [1.807, 2.05) is 0 Å². The predicted octanol–water partition coefficient (Wildman–Crippen LogP) is 2.27. The first-order chi connectivity index (χ1) is 15.8. The van der Waals surface area contributed by atoms with E-state index in [-0.39, 0.29) is 22.2 Å². The Bertz CT molecular complexity index is 1430. The maximum absolute atomic E-state index is 13.5. The van der Waals surface area contributed by atoms with Gasteiger partial charge in [0.05, 0.1) is 16.8 Å².